The number of nitrogens with zero attached hydrogens (tertiary/aromatic N) is 2. The molecule has 2 amide bonds. The Balaban J connectivity index is 2.92. The first-order valence-corrected chi connectivity index (χ1v) is 5.24. The van der Waals surface area contributed by atoms with Crippen molar-refractivity contribution in [1.29, 1.82) is 0 Å². The summed E-state index contributed by atoms with van der Waals surface area (Å²) < 4.78 is 37.0. The number of pyridine rings is 1. The summed E-state index contributed by atoms with van der Waals surface area (Å²) in [6.07, 6.45) is -3.79. The summed E-state index contributed by atoms with van der Waals surface area (Å²) in [4.78, 5) is 26.7. The number of carbonyl (C=O) groups excluding carboxylic acids is 2. The van der Waals surface area contributed by atoms with Gasteiger partial charge in [-0.2, -0.15) is 13.2 Å². The molecule has 0 aliphatic rings. The summed E-state index contributed by atoms with van der Waals surface area (Å²) in [6.45, 7) is 1.52. The largest absolute Gasteiger partial charge is 0.417 e. The van der Waals surface area contributed by atoms with Gasteiger partial charge in [0.2, 0.25) is 0 Å². The van der Waals surface area contributed by atoms with E-state index in [1.807, 2.05) is 0 Å². The van der Waals surface area contributed by atoms with Gasteiger partial charge in [0.05, 0.1) is 17.3 Å². The van der Waals surface area contributed by atoms with Gasteiger partial charge in [0.15, 0.2) is 0 Å². The molecule has 1 aromatic rings. The van der Waals surface area contributed by atoms with Crippen LogP contribution in [-0.2, 0) is 15.8 Å². The molecule has 2 N–H and O–H groups in total. The van der Waals surface area contributed by atoms with Crippen LogP contribution in [0, 0.1) is 0 Å². The highest BCUT2D eigenvalue weighted by molar-refractivity contribution is 6.34. The van der Waals surface area contributed by atoms with Gasteiger partial charge in [0.25, 0.3) is 0 Å². The molecule has 0 fully saturated rings. The lowest BCUT2D eigenvalue weighted by molar-refractivity contribution is -0.144. The zero-order valence-corrected chi connectivity index (χ0v) is 10.2. The van der Waals surface area contributed by atoms with E-state index in [1.54, 1.807) is 0 Å². The summed E-state index contributed by atoms with van der Waals surface area (Å²) in [5.41, 5.74) is 4.18. The van der Waals surface area contributed by atoms with E-state index in [0.29, 0.717) is 6.20 Å². The van der Waals surface area contributed by atoms with Gasteiger partial charge in [-0.15, -0.1) is 0 Å². The number of alkyl halides is 3. The van der Waals surface area contributed by atoms with E-state index < -0.39 is 29.6 Å². The normalized spacial score (nSPS) is 12.9. The lowest BCUT2D eigenvalue weighted by Gasteiger charge is -2.23. The van der Waals surface area contributed by atoms with Crippen LogP contribution in [-0.4, -0.2) is 28.7 Å². The predicted molar refractivity (Wildman–Crippen MR) is 59.6 cm³/mol. The molecule has 104 valence electrons. The minimum atomic E-state index is -4.47. The van der Waals surface area contributed by atoms with Gasteiger partial charge in [-0.05, 0) is 19.1 Å². The molecule has 0 saturated heterocycles. The maximum atomic E-state index is 12.3. The second kappa shape index (κ2) is 5.25. The number of hydrogen-bond donors (Lipinski definition) is 1. The van der Waals surface area contributed by atoms with Gasteiger partial charge in [0, 0.05) is 13.2 Å². The van der Waals surface area contributed by atoms with Crippen LogP contribution >= 0.6 is 0 Å². The number of likely N-dealkylation sites (N-methyl/N-ethyl adjacent to an activating group) is 1. The molecule has 0 aliphatic heterocycles. The fraction of sp³-hybridized carbons (Fsp3) is 0.364. The summed E-state index contributed by atoms with van der Waals surface area (Å²) in [5.74, 6) is -2.07. The maximum absolute atomic E-state index is 12.3. The number of nitrogens with two attached hydrogens (primary N) is 1. The molecular weight excluding hydrogens is 263 g/mol. The zero-order chi connectivity index (χ0) is 14.8. The number of rotatable bonds is 2. The molecule has 0 saturated carbocycles. The van der Waals surface area contributed by atoms with Gasteiger partial charge in [-0.3, -0.25) is 14.6 Å². The first-order chi connectivity index (χ1) is 8.64. The third-order valence-corrected chi connectivity index (χ3v) is 2.65. The van der Waals surface area contributed by atoms with E-state index in [1.165, 1.54) is 14.0 Å². The molecule has 0 bridgehead atoms. The van der Waals surface area contributed by atoms with Crippen molar-refractivity contribution in [1.82, 2.24) is 9.88 Å². The van der Waals surface area contributed by atoms with Crippen molar-refractivity contribution in [2.24, 2.45) is 5.73 Å². The minimum Gasteiger partial charge on any atom is -0.361 e. The smallest absolute Gasteiger partial charge is 0.361 e. The molecule has 19 heavy (non-hydrogen) atoms. The van der Waals surface area contributed by atoms with Crippen LogP contribution in [0.5, 0.6) is 0 Å². The molecule has 1 atom stereocenters. The molecule has 1 rings (SSSR count). The Kier molecular flexibility index (Phi) is 4.13. The van der Waals surface area contributed by atoms with E-state index in [9.17, 15) is 22.8 Å². The van der Waals surface area contributed by atoms with Crippen LogP contribution in [0.25, 0.3) is 0 Å². The molecule has 0 radical (unpaired) electrons. The number of halogens is 3. The Bertz CT molecular complexity index is 485. The average molecular weight is 275 g/mol. The minimum absolute atomic E-state index is 0.227. The molecular formula is C11H12F3N3O2. The Morgan fingerprint density at radius 1 is 1.37 bits per heavy atom. The van der Waals surface area contributed by atoms with Crippen LogP contribution < -0.4 is 5.73 Å². The number of hydrogen-bond acceptors (Lipinski definition) is 3. The van der Waals surface area contributed by atoms with Crippen LogP contribution in [0.15, 0.2) is 18.3 Å². The highest BCUT2D eigenvalue weighted by Gasteiger charge is 2.31. The number of carbonyl (C=O) groups is 2. The Morgan fingerprint density at radius 3 is 2.32 bits per heavy atom. The molecule has 0 aromatic carbocycles. The third kappa shape index (κ3) is 3.43. The average Bonchev–Trinajstić information content (AvgIpc) is 2.35. The van der Waals surface area contributed by atoms with Gasteiger partial charge in [-0.1, -0.05) is 0 Å². The van der Waals surface area contributed by atoms with Crippen molar-refractivity contribution in [3.8, 4) is 0 Å². The van der Waals surface area contributed by atoms with Gasteiger partial charge in [0.1, 0.15) is 0 Å². The number of amides is 2. The van der Waals surface area contributed by atoms with Crippen molar-refractivity contribution >= 4 is 11.8 Å². The highest BCUT2D eigenvalue weighted by Crippen LogP contribution is 2.29. The summed E-state index contributed by atoms with van der Waals surface area (Å²) >= 11 is 0. The number of primary amides is 1. The molecule has 0 unspecified atom stereocenters. The summed E-state index contributed by atoms with van der Waals surface area (Å²) in [7, 11) is 1.32. The Labute approximate surface area is 107 Å². The van der Waals surface area contributed by atoms with E-state index in [2.05, 4.69) is 4.98 Å². The number of aromatic nitrogens is 1. The topological polar surface area (TPSA) is 76.3 Å². The molecule has 0 spiro atoms. The van der Waals surface area contributed by atoms with E-state index in [4.69, 9.17) is 5.73 Å². The van der Waals surface area contributed by atoms with Crippen molar-refractivity contribution < 1.29 is 22.8 Å². The SMILES string of the molecule is C[C@@H](c1ccc(C(F)(F)F)cn1)N(C)C(=O)C(N)=O. The van der Waals surface area contributed by atoms with Crippen molar-refractivity contribution in [2.75, 3.05) is 7.05 Å². The van der Waals surface area contributed by atoms with Crippen LogP contribution in [0.4, 0.5) is 13.2 Å². The molecule has 0 aliphatic carbocycles. The van der Waals surface area contributed by atoms with Crippen molar-refractivity contribution in [3.05, 3.63) is 29.6 Å². The highest BCUT2D eigenvalue weighted by atomic mass is 19.4. The molecule has 1 aromatic heterocycles. The second-order valence-electron chi connectivity index (χ2n) is 3.93. The van der Waals surface area contributed by atoms with Crippen LogP contribution in [0.2, 0.25) is 0 Å². The monoisotopic (exact) mass is 275 g/mol. The third-order valence-electron chi connectivity index (χ3n) is 2.65. The standard InChI is InChI=1S/C11H12F3N3O2/c1-6(17(2)10(19)9(15)18)8-4-3-7(5-16-8)11(12,13)14/h3-6H,1-2H3,(H2,15,18)/t6-/m0/s1. The predicted octanol–water partition coefficient (Wildman–Crippen LogP) is 1.11. The summed E-state index contributed by atoms with van der Waals surface area (Å²) in [5, 5.41) is 0. The first kappa shape index (κ1) is 14.9. The van der Waals surface area contributed by atoms with E-state index in [0.717, 1.165) is 17.0 Å². The van der Waals surface area contributed by atoms with Crippen molar-refractivity contribution in [2.45, 2.75) is 19.1 Å². The van der Waals surface area contributed by atoms with Crippen molar-refractivity contribution in [3.63, 3.8) is 0 Å². The van der Waals surface area contributed by atoms with Gasteiger partial charge in [-0.25, -0.2) is 0 Å². The Hall–Kier alpha value is -2.12. The maximum Gasteiger partial charge on any atom is 0.417 e. The zero-order valence-electron chi connectivity index (χ0n) is 10.2. The van der Waals surface area contributed by atoms with E-state index in [-0.39, 0.29) is 5.69 Å². The fourth-order valence-corrected chi connectivity index (χ4v) is 1.37. The van der Waals surface area contributed by atoms with E-state index >= 15 is 0 Å². The summed E-state index contributed by atoms with van der Waals surface area (Å²) in [6, 6.07) is 1.35. The lowest BCUT2D eigenvalue weighted by Crippen LogP contribution is -2.39. The van der Waals surface area contributed by atoms with Gasteiger partial charge >= 0.3 is 18.0 Å². The molecule has 8 heteroatoms. The molecule has 5 nitrogen and oxygen atoms in total. The van der Waals surface area contributed by atoms with Crippen LogP contribution in [0.3, 0.4) is 0 Å². The molecule has 1 heterocycles. The Morgan fingerprint density at radius 2 is 1.95 bits per heavy atom. The second-order valence-corrected chi connectivity index (χ2v) is 3.93. The first-order valence-electron chi connectivity index (χ1n) is 5.24. The quantitative estimate of drug-likeness (QED) is 0.821. The fourth-order valence-electron chi connectivity index (χ4n) is 1.37. The van der Waals surface area contributed by atoms with Gasteiger partial charge < -0.3 is 10.6 Å². The lowest BCUT2D eigenvalue weighted by atomic mass is 10.1. The van der Waals surface area contributed by atoms with Crippen LogP contribution in [0.1, 0.15) is 24.2 Å².